The van der Waals surface area contributed by atoms with Gasteiger partial charge in [0.25, 0.3) is 0 Å². The molecule has 0 spiro atoms. The maximum absolute atomic E-state index is 14.3. The lowest BCUT2D eigenvalue weighted by Gasteiger charge is -2.36. The van der Waals surface area contributed by atoms with Crippen LogP contribution in [0, 0.1) is 5.82 Å². The minimum absolute atomic E-state index is 0.0681. The molecule has 27 heavy (non-hydrogen) atoms. The molecule has 0 radical (unpaired) electrons. The van der Waals surface area contributed by atoms with Crippen LogP contribution in [0.25, 0.3) is 0 Å². The molecule has 5 nitrogen and oxygen atoms in total. The predicted octanol–water partition coefficient (Wildman–Crippen LogP) is 2.62. The number of Topliss-reactive ketones (excluding diaryl/α,β-unsaturated/α-hetero) is 1. The van der Waals surface area contributed by atoms with E-state index in [4.69, 9.17) is 0 Å². The lowest BCUT2D eigenvalue weighted by molar-refractivity contribution is 0.101. The van der Waals surface area contributed by atoms with Gasteiger partial charge in [0.2, 0.25) is 0 Å². The van der Waals surface area contributed by atoms with Crippen molar-refractivity contribution in [3.05, 3.63) is 59.9 Å². The van der Waals surface area contributed by atoms with E-state index in [0.29, 0.717) is 48.9 Å². The van der Waals surface area contributed by atoms with Crippen LogP contribution in [0.2, 0.25) is 0 Å². The average Bonchev–Trinajstić information content (AvgIpc) is 2.67. The maximum Gasteiger partial charge on any atom is 0.179 e. The average molecular weight is 390 g/mol. The number of anilines is 1. The monoisotopic (exact) mass is 390 g/mol. The highest BCUT2D eigenvalue weighted by Gasteiger charge is 2.22. The third kappa shape index (κ3) is 4.73. The molecule has 0 amide bonds. The van der Waals surface area contributed by atoms with Crippen molar-refractivity contribution in [2.75, 3.05) is 43.4 Å². The molecule has 0 N–H and O–H groups in total. The highest BCUT2D eigenvalue weighted by atomic mass is 32.2. The number of rotatable bonds is 6. The van der Waals surface area contributed by atoms with Gasteiger partial charge in [-0.15, -0.1) is 0 Å². The van der Waals surface area contributed by atoms with E-state index >= 15 is 0 Å². The topological polar surface area (TPSA) is 57.7 Å². The largest absolute Gasteiger partial charge is 0.367 e. The lowest BCUT2D eigenvalue weighted by atomic mass is 10.1. The number of carbonyl (C=O) groups is 1. The Morgan fingerprint density at radius 1 is 1.04 bits per heavy atom. The van der Waals surface area contributed by atoms with Gasteiger partial charge in [-0.05, 0) is 37.3 Å². The van der Waals surface area contributed by atoms with Crippen molar-refractivity contribution in [3.8, 4) is 0 Å². The van der Waals surface area contributed by atoms with Crippen LogP contribution in [0.3, 0.4) is 0 Å². The van der Waals surface area contributed by atoms with Gasteiger partial charge in [0.05, 0.1) is 16.3 Å². The van der Waals surface area contributed by atoms with Crippen LogP contribution < -0.4 is 4.90 Å². The zero-order chi connectivity index (χ0) is 19.4. The first-order valence-corrected chi connectivity index (χ1v) is 10.6. The zero-order valence-electron chi connectivity index (χ0n) is 15.3. The molecule has 1 aliphatic heterocycles. The van der Waals surface area contributed by atoms with E-state index in [1.54, 1.807) is 42.5 Å². The molecule has 0 saturated carbocycles. The van der Waals surface area contributed by atoms with Crippen LogP contribution in [0.5, 0.6) is 0 Å². The quantitative estimate of drug-likeness (QED) is 0.710. The molecule has 1 aliphatic rings. The van der Waals surface area contributed by atoms with Crippen LogP contribution in [-0.2, 0) is 9.84 Å². The van der Waals surface area contributed by atoms with Crippen LogP contribution in [-0.4, -0.2) is 57.6 Å². The Bertz CT molecular complexity index is 908. The van der Waals surface area contributed by atoms with Crippen LogP contribution in [0.1, 0.15) is 17.3 Å². The van der Waals surface area contributed by atoms with Gasteiger partial charge in [-0.2, -0.15) is 0 Å². The first-order chi connectivity index (χ1) is 12.9. The molecule has 7 heteroatoms. The first kappa shape index (κ1) is 19.5. The third-order valence-corrected chi connectivity index (χ3v) is 6.56. The highest BCUT2D eigenvalue weighted by Crippen LogP contribution is 2.22. The SMILES string of the molecule is CC(=O)c1ccc(N2CCN(CCS(=O)(=O)c3ccccc3)CC2)c(F)c1. The van der Waals surface area contributed by atoms with Gasteiger partial charge in [0.1, 0.15) is 5.82 Å². The second-order valence-corrected chi connectivity index (χ2v) is 8.79. The van der Waals surface area contributed by atoms with Crippen molar-refractivity contribution in [1.29, 1.82) is 0 Å². The Kier molecular flexibility index (Phi) is 5.92. The number of hydrogen-bond donors (Lipinski definition) is 0. The number of sulfone groups is 1. The maximum atomic E-state index is 14.3. The second-order valence-electron chi connectivity index (χ2n) is 6.68. The fraction of sp³-hybridized carbons (Fsp3) is 0.350. The number of hydrogen-bond acceptors (Lipinski definition) is 5. The van der Waals surface area contributed by atoms with Crippen molar-refractivity contribution >= 4 is 21.3 Å². The lowest BCUT2D eigenvalue weighted by Crippen LogP contribution is -2.47. The van der Waals surface area contributed by atoms with Gasteiger partial charge in [-0.3, -0.25) is 9.69 Å². The molecule has 2 aromatic carbocycles. The molecule has 0 aliphatic carbocycles. The summed E-state index contributed by atoms with van der Waals surface area (Å²) < 4.78 is 39.1. The summed E-state index contributed by atoms with van der Waals surface area (Å²) in [6, 6.07) is 13.0. The number of benzene rings is 2. The molecule has 0 bridgehead atoms. The molecule has 144 valence electrons. The molecule has 2 aromatic rings. The summed E-state index contributed by atoms with van der Waals surface area (Å²) in [6.07, 6.45) is 0. The molecule has 1 saturated heterocycles. The number of piperazine rings is 1. The molecule has 1 heterocycles. The standard InChI is InChI=1S/C20H23FN2O3S/c1-16(24)17-7-8-20(19(21)15-17)23-11-9-22(10-12-23)13-14-27(25,26)18-5-3-2-4-6-18/h2-8,15H,9-14H2,1H3. The summed E-state index contributed by atoms with van der Waals surface area (Å²) in [5.41, 5.74) is 0.845. The summed E-state index contributed by atoms with van der Waals surface area (Å²) in [4.78, 5) is 15.7. The fourth-order valence-corrected chi connectivity index (χ4v) is 4.50. The van der Waals surface area contributed by atoms with Gasteiger partial charge in [-0.1, -0.05) is 18.2 Å². The Labute approximate surface area is 159 Å². The number of nitrogens with zero attached hydrogens (tertiary/aromatic N) is 2. The van der Waals surface area contributed by atoms with Crippen LogP contribution in [0.15, 0.2) is 53.4 Å². The van der Waals surface area contributed by atoms with Crippen molar-refractivity contribution in [2.45, 2.75) is 11.8 Å². The van der Waals surface area contributed by atoms with E-state index in [2.05, 4.69) is 4.90 Å². The Hall–Kier alpha value is -2.25. The van der Waals surface area contributed by atoms with Crippen molar-refractivity contribution in [2.24, 2.45) is 0 Å². The van der Waals surface area contributed by atoms with Crippen molar-refractivity contribution < 1.29 is 17.6 Å². The molecule has 0 unspecified atom stereocenters. The Balaban J connectivity index is 1.56. The fourth-order valence-electron chi connectivity index (χ4n) is 3.19. The van der Waals surface area contributed by atoms with Crippen molar-refractivity contribution in [1.82, 2.24) is 4.90 Å². The number of carbonyl (C=O) groups excluding carboxylic acids is 1. The molecule has 0 atom stereocenters. The summed E-state index contributed by atoms with van der Waals surface area (Å²) in [5.74, 6) is -0.494. The highest BCUT2D eigenvalue weighted by molar-refractivity contribution is 7.91. The summed E-state index contributed by atoms with van der Waals surface area (Å²) in [6.45, 7) is 4.42. The summed E-state index contributed by atoms with van der Waals surface area (Å²) >= 11 is 0. The van der Waals surface area contributed by atoms with Gasteiger partial charge in [-0.25, -0.2) is 12.8 Å². The smallest absolute Gasteiger partial charge is 0.179 e. The minimum Gasteiger partial charge on any atom is -0.367 e. The van der Waals surface area contributed by atoms with Crippen LogP contribution in [0.4, 0.5) is 10.1 Å². The molecular formula is C20H23FN2O3S. The summed E-state index contributed by atoms with van der Waals surface area (Å²) in [5, 5.41) is 0. The van der Waals surface area contributed by atoms with Gasteiger partial charge in [0.15, 0.2) is 15.6 Å². The number of halogens is 1. The third-order valence-electron chi connectivity index (χ3n) is 4.85. The van der Waals surface area contributed by atoms with Gasteiger partial charge in [0, 0.05) is 38.3 Å². The molecule has 1 fully saturated rings. The van der Waals surface area contributed by atoms with Crippen LogP contribution >= 0.6 is 0 Å². The molecule has 3 rings (SSSR count). The Morgan fingerprint density at radius 3 is 2.30 bits per heavy atom. The molecule has 0 aromatic heterocycles. The summed E-state index contributed by atoms with van der Waals surface area (Å²) in [7, 11) is -3.29. The van der Waals surface area contributed by atoms with Gasteiger partial charge >= 0.3 is 0 Å². The van der Waals surface area contributed by atoms with E-state index in [-0.39, 0.29) is 11.5 Å². The number of ketones is 1. The van der Waals surface area contributed by atoms with E-state index in [1.165, 1.54) is 13.0 Å². The van der Waals surface area contributed by atoms with E-state index in [9.17, 15) is 17.6 Å². The minimum atomic E-state index is -3.29. The van der Waals surface area contributed by atoms with E-state index in [0.717, 1.165) is 0 Å². The predicted molar refractivity (Wildman–Crippen MR) is 104 cm³/mol. The first-order valence-electron chi connectivity index (χ1n) is 8.92. The molecular weight excluding hydrogens is 367 g/mol. The van der Waals surface area contributed by atoms with Gasteiger partial charge < -0.3 is 4.90 Å². The van der Waals surface area contributed by atoms with E-state index < -0.39 is 15.7 Å². The second kappa shape index (κ2) is 8.19. The Morgan fingerprint density at radius 2 is 1.70 bits per heavy atom. The van der Waals surface area contributed by atoms with E-state index in [1.807, 2.05) is 4.90 Å². The normalized spacial score (nSPS) is 15.7. The van der Waals surface area contributed by atoms with Crippen molar-refractivity contribution in [3.63, 3.8) is 0 Å². The zero-order valence-corrected chi connectivity index (χ0v) is 16.1.